The molecule has 6 rings (SSSR count). The molecular formula is C35H43N3O. The molecule has 0 bridgehead atoms. The smallest absolute Gasteiger partial charge is 0.230 e. The molecular weight excluding hydrogens is 478 g/mol. The molecule has 4 heteroatoms. The maximum Gasteiger partial charge on any atom is 0.230 e. The first-order valence-electron chi connectivity index (χ1n) is 15.0. The van der Waals surface area contributed by atoms with E-state index in [1.165, 1.54) is 24.0 Å². The molecule has 3 aromatic carbocycles. The van der Waals surface area contributed by atoms with Crippen LogP contribution in [0.5, 0.6) is 0 Å². The predicted octanol–water partition coefficient (Wildman–Crippen LogP) is 6.28. The number of hydrogen-bond acceptors (Lipinski definition) is 3. The van der Waals surface area contributed by atoms with E-state index in [2.05, 4.69) is 113 Å². The average Bonchev–Trinajstić information content (AvgIpc) is 3.31. The molecule has 2 aliphatic heterocycles. The molecule has 1 aliphatic carbocycles. The maximum atomic E-state index is 14.1. The highest BCUT2D eigenvalue weighted by atomic mass is 16.2. The number of likely N-dealkylation sites (tertiary alicyclic amines) is 2. The monoisotopic (exact) mass is 521 g/mol. The summed E-state index contributed by atoms with van der Waals surface area (Å²) in [6.45, 7) is 8.78. The van der Waals surface area contributed by atoms with E-state index in [9.17, 15) is 4.79 Å². The fourth-order valence-corrected chi connectivity index (χ4v) is 7.42. The first kappa shape index (κ1) is 26.3. The van der Waals surface area contributed by atoms with Crippen LogP contribution in [-0.2, 0) is 17.8 Å². The van der Waals surface area contributed by atoms with E-state index in [1.807, 2.05) is 0 Å². The molecule has 3 aromatic rings. The zero-order chi connectivity index (χ0) is 26.7. The number of hydrogen-bond donors (Lipinski definition) is 0. The minimum atomic E-state index is 0.0406. The first-order valence-corrected chi connectivity index (χ1v) is 15.0. The molecule has 3 aliphatic rings. The normalized spacial score (nSPS) is 24.6. The fraction of sp³-hybridized carbons (Fsp3) is 0.457. The lowest BCUT2D eigenvalue weighted by Gasteiger charge is -2.51. The highest BCUT2D eigenvalue weighted by Gasteiger charge is 2.55. The summed E-state index contributed by atoms with van der Waals surface area (Å²) in [5, 5.41) is 0. The molecule has 39 heavy (non-hydrogen) atoms. The molecule has 2 unspecified atom stereocenters. The fourth-order valence-electron chi connectivity index (χ4n) is 7.42. The molecule has 2 saturated heterocycles. The zero-order valence-corrected chi connectivity index (χ0v) is 23.4. The summed E-state index contributed by atoms with van der Waals surface area (Å²) in [4.78, 5) is 21.7. The van der Waals surface area contributed by atoms with Gasteiger partial charge in [0.25, 0.3) is 0 Å². The standard InChI is InChI=1S/C35H43N3O/c1-28(38(33-18-9-4-10-19-33)34(39)31-16-11-17-31)35-26-36(22-20-29-12-5-2-6-13-29)23-21-32(35)25-37(27-35)24-30-14-7-3-8-15-30/h2-10,12-15,18-19,28,31-32H,11,16-17,20-27H2,1H3/t28-,32?,35?/m1/s1. The lowest BCUT2D eigenvalue weighted by molar-refractivity contribution is -0.126. The van der Waals surface area contributed by atoms with Crippen molar-refractivity contribution in [1.29, 1.82) is 0 Å². The van der Waals surface area contributed by atoms with Gasteiger partial charge in [-0.3, -0.25) is 9.69 Å². The molecule has 2 heterocycles. The van der Waals surface area contributed by atoms with Crippen LogP contribution < -0.4 is 4.90 Å². The maximum absolute atomic E-state index is 14.1. The minimum Gasteiger partial charge on any atom is -0.309 e. The summed E-state index contributed by atoms with van der Waals surface area (Å²) in [5.74, 6) is 1.11. The van der Waals surface area contributed by atoms with E-state index in [4.69, 9.17) is 0 Å². The molecule has 0 radical (unpaired) electrons. The van der Waals surface area contributed by atoms with Crippen molar-refractivity contribution >= 4 is 11.6 Å². The molecule has 4 nitrogen and oxygen atoms in total. The first-order chi connectivity index (χ1) is 19.1. The van der Waals surface area contributed by atoms with Crippen LogP contribution in [0.4, 0.5) is 5.69 Å². The van der Waals surface area contributed by atoms with E-state index in [-0.39, 0.29) is 17.4 Å². The Labute approximate surface area is 234 Å². The Morgan fingerprint density at radius 1 is 0.846 bits per heavy atom. The second-order valence-electron chi connectivity index (χ2n) is 12.2. The number of anilines is 1. The van der Waals surface area contributed by atoms with Crippen LogP contribution in [-0.4, -0.2) is 54.5 Å². The van der Waals surface area contributed by atoms with Crippen LogP contribution in [0.2, 0.25) is 0 Å². The molecule has 3 atom stereocenters. The molecule has 3 fully saturated rings. The van der Waals surface area contributed by atoms with Crippen LogP contribution in [0.3, 0.4) is 0 Å². The summed E-state index contributed by atoms with van der Waals surface area (Å²) in [6, 6.07) is 32.4. The van der Waals surface area contributed by atoms with Crippen LogP contribution >= 0.6 is 0 Å². The van der Waals surface area contributed by atoms with E-state index in [0.29, 0.717) is 11.8 Å². The Bertz CT molecular complexity index is 1210. The lowest BCUT2D eigenvalue weighted by atomic mass is 9.67. The van der Waals surface area contributed by atoms with E-state index < -0.39 is 0 Å². The summed E-state index contributed by atoms with van der Waals surface area (Å²) in [6.07, 6.45) is 5.53. The zero-order valence-electron chi connectivity index (χ0n) is 23.4. The minimum absolute atomic E-state index is 0.0406. The number of fused-ring (bicyclic) bond motifs is 1. The number of carbonyl (C=O) groups excluding carboxylic acids is 1. The van der Waals surface area contributed by atoms with Gasteiger partial charge in [0.1, 0.15) is 0 Å². The SMILES string of the molecule is C[C@@H](N(C(=O)C1CCC1)c1ccccc1)C12CN(CCc3ccccc3)CCC1CN(Cc1ccccc1)C2. The van der Waals surface area contributed by atoms with Gasteiger partial charge in [-0.15, -0.1) is 0 Å². The van der Waals surface area contributed by atoms with Gasteiger partial charge in [-0.25, -0.2) is 0 Å². The highest BCUT2D eigenvalue weighted by Crippen LogP contribution is 2.48. The quantitative estimate of drug-likeness (QED) is 0.332. The molecule has 0 spiro atoms. The highest BCUT2D eigenvalue weighted by molar-refractivity contribution is 5.96. The van der Waals surface area contributed by atoms with Gasteiger partial charge >= 0.3 is 0 Å². The van der Waals surface area contributed by atoms with Gasteiger partial charge in [0, 0.05) is 55.8 Å². The van der Waals surface area contributed by atoms with Crippen molar-refractivity contribution in [3.05, 3.63) is 102 Å². The Morgan fingerprint density at radius 3 is 2.10 bits per heavy atom. The van der Waals surface area contributed by atoms with E-state index in [1.54, 1.807) is 0 Å². The van der Waals surface area contributed by atoms with Gasteiger partial charge in [-0.1, -0.05) is 85.3 Å². The average molecular weight is 522 g/mol. The van der Waals surface area contributed by atoms with Gasteiger partial charge in [0.05, 0.1) is 0 Å². The Kier molecular flexibility index (Phi) is 7.85. The summed E-state index contributed by atoms with van der Waals surface area (Å²) < 4.78 is 0. The van der Waals surface area contributed by atoms with Crippen molar-refractivity contribution < 1.29 is 4.79 Å². The second kappa shape index (κ2) is 11.7. The number of carbonyl (C=O) groups is 1. The molecule has 0 N–H and O–H groups in total. The van der Waals surface area contributed by atoms with Crippen LogP contribution in [0.15, 0.2) is 91.0 Å². The third-order valence-electron chi connectivity index (χ3n) is 9.88. The van der Waals surface area contributed by atoms with Gasteiger partial charge in [0.2, 0.25) is 5.91 Å². The van der Waals surface area contributed by atoms with Gasteiger partial charge in [-0.2, -0.15) is 0 Å². The van der Waals surface area contributed by atoms with E-state index >= 15 is 0 Å². The Balaban J connectivity index is 1.30. The second-order valence-corrected chi connectivity index (χ2v) is 12.2. The van der Waals surface area contributed by atoms with Crippen molar-refractivity contribution in [3.63, 3.8) is 0 Å². The van der Waals surface area contributed by atoms with Crippen LogP contribution in [0.1, 0.15) is 43.7 Å². The van der Waals surface area contributed by atoms with Gasteiger partial charge in [-0.05, 0) is 68.3 Å². The molecule has 0 aromatic heterocycles. The lowest BCUT2D eigenvalue weighted by Crippen LogP contribution is -2.61. The van der Waals surface area contributed by atoms with Gasteiger partial charge in [0.15, 0.2) is 0 Å². The summed E-state index contributed by atoms with van der Waals surface area (Å²) >= 11 is 0. The summed E-state index contributed by atoms with van der Waals surface area (Å²) in [7, 11) is 0. The van der Waals surface area contributed by atoms with Gasteiger partial charge < -0.3 is 9.80 Å². The van der Waals surface area contributed by atoms with Crippen molar-refractivity contribution in [2.24, 2.45) is 17.3 Å². The Hall–Kier alpha value is -2.95. The predicted molar refractivity (Wildman–Crippen MR) is 160 cm³/mol. The van der Waals surface area contributed by atoms with Crippen molar-refractivity contribution in [2.75, 3.05) is 37.6 Å². The summed E-state index contributed by atoms with van der Waals surface area (Å²) in [5.41, 5.74) is 3.90. The van der Waals surface area contributed by atoms with E-state index in [0.717, 1.165) is 64.2 Å². The Morgan fingerprint density at radius 2 is 1.46 bits per heavy atom. The third kappa shape index (κ3) is 5.55. The largest absolute Gasteiger partial charge is 0.309 e. The molecule has 204 valence electrons. The van der Waals surface area contributed by atoms with Crippen molar-refractivity contribution in [3.8, 4) is 0 Å². The molecule has 1 amide bonds. The molecule has 1 saturated carbocycles. The third-order valence-corrected chi connectivity index (χ3v) is 9.88. The number of nitrogens with zero attached hydrogens (tertiary/aromatic N) is 3. The van der Waals surface area contributed by atoms with Crippen molar-refractivity contribution in [2.45, 2.75) is 51.6 Å². The topological polar surface area (TPSA) is 26.8 Å². The number of piperidine rings is 1. The number of amides is 1. The number of rotatable bonds is 9. The van der Waals surface area contributed by atoms with Crippen LogP contribution in [0.25, 0.3) is 0 Å². The number of benzene rings is 3. The van der Waals surface area contributed by atoms with Crippen LogP contribution in [0, 0.1) is 17.3 Å². The number of para-hydroxylation sites is 1. The van der Waals surface area contributed by atoms with Crippen molar-refractivity contribution in [1.82, 2.24) is 9.80 Å².